The van der Waals surface area contributed by atoms with Gasteiger partial charge in [0.25, 0.3) is 0 Å². The van der Waals surface area contributed by atoms with Crippen LogP contribution >= 0.6 is 0 Å². The van der Waals surface area contributed by atoms with Crippen LogP contribution in [0.1, 0.15) is 26.2 Å². The Labute approximate surface area is 103 Å². The monoisotopic (exact) mass is 245 g/mol. The highest BCUT2D eigenvalue weighted by Crippen LogP contribution is 2.27. The van der Waals surface area contributed by atoms with Gasteiger partial charge in [-0.25, -0.2) is 0 Å². The number of carboxylic acid groups (broad SMARTS) is 1. The van der Waals surface area contributed by atoms with Crippen molar-refractivity contribution in [3.8, 4) is 0 Å². The minimum atomic E-state index is -0.728. The second kappa shape index (κ2) is 6.93. The average molecular weight is 245 g/mol. The van der Waals surface area contributed by atoms with E-state index in [2.05, 4.69) is 0 Å². The first kappa shape index (κ1) is 14.4. The molecule has 1 rings (SSSR count). The molecule has 0 aromatic heterocycles. The van der Waals surface area contributed by atoms with Crippen molar-refractivity contribution in [2.75, 3.05) is 40.0 Å². The molecule has 0 amide bonds. The second-order valence-electron chi connectivity index (χ2n) is 4.63. The molecular weight excluding hydrogens is 222 g/mol. The van der Waals surface area contributed by atoms with Crippen molar-refractivity contribution < 1.29 is 19.4 Å². The van der Waals surface area contributed by atoms with Gasteiger partial charge < -0.3 is 14.6 Å². The van der Waals surface area contributed by atoms with Gasteiger partial charge in [0.15, 0.2) is 0 Å². The Balaban J connectivity index is 2.36. The van der Waals surface area contributed by atoms with Gasteiger partial charge in [-0.1, -0.05) is 0 Å². The standard InChI is InChI=1S/C12H23NO4/c1-12(11(14)15)5-3-4-6-13(12)7-8-17-10-9-16-2/h3-10H2,1-2H3,(H,14,15). The summed E-state index contributed by atoms with van der Waals surface area (Å²) in [5.74, 6) is -0.728. The molecule has 5 heteroatoms. The molecule has 0 aliphatic carbocycles. The Morgan fingerprint density at radius 2 is 2.12 bits per heavy atom. The van der Waals surface area contributed by atoms with E-state index in [1.54, 1.807) is 7.11 Å². The highest BCUT2D eigenvalue weighted by atomic mass is 16.5. The molecule has 1 atom stereocenters. The zero-order valence-electron chi connectivity index (χ0n) is 10.8. The lowest BCUT2D eigenvalue weighted by Crippen LogP contribution is -2.56. The van der Waals surface area contributed by atoms with Gasteiger partial charge in [0.2, 0.25) is 0 Å². The van der Waals surface area contributed by atoms with Crippen molar-refractivity contribution in [2.45, 2.75) is 31.7 Å². The summed E-state index contributed by atoms with van der Waals surface area (Å²) in [6.07, 6.45) is 2.78. The van der Waals surface area contributed by atoms with Crippen molar-refractivity contribution in [3.63, 3.8) is 0 Å². The van der Waals surface area contributed by atoms with E-state index < -0.39 is 11.5 Å². The first-order valence-electron chi connectivity index (χ1n) is 6.16. The molecule has 0 aromatic carbocycles. The third kappa shape index (κ3) is 3.94. The number of carboxylic acids is 1. The summed E-state index contributed by atoms with van der Waals surface area (Å²) in [4.78, 5) is 13.3. The lowest BCUT2D eigenvalue weighted by atomic mass is 9.88. The summed E-state index contributed by atoms with van der Waals surface area (Å²) in [5.41, 5.74) is -0.719. The van der Waals surface area contributed by atoms with Crippen LogP contribution in [0.25, 0.3) is 0 Å². The highest BCUT2D eigenvalue weighted by molar-refractivity contribution is 5.78. The van der Waals surface area contributed by atoms with E-state index in [1.807, 2.05) is 11.8 Å². The van der Waals surface area contributed by atoms with E-state index in [4.69, 9.17) is 9.47 Å². The van der Waals surface area contributed by atoms with Gasteiger partial charge in [0.1, 0.15) is 5.54 Å². The number of hydrogen-bond donors (Lipinski definition) is 1. The number of carbonyl (C=O) groups is 1. The number of ether oxygens (including phenoxy) is 2. The molecule has 1 fully saturated rings. The summed E-state index contributed by atoms with van der Waals surface area (Å²) >= 11 is 0. The predicted octanol–water partition coefficient (Wildman–Crippen LogP) is 0.979. The van der Waals surface area contributed by atoms with E-state index >= 15 is 0 Å². The van der Waals surface area contributed by atoms with Gasteiger partial charge in [-0.2, -0.15) is 0 Å². The largest absolute Gasteiger partial charge is 0.480 e. The summed E-state index contributed by atoms with van der Waals surface area (Å²) in [7, 11) is 1.63. The maximum absolute atomic E-state index is 11.3. The first-order valence-corrected chi connectivity index (χ1v) is 6.16. The summed E-state index contributed by atoms with van der Waals surface area (Å²) in [6.45, 7) is 5.03. The molecular formula is C12H23NO4. The van der Waals surface area contributed by atoms with Crippen molar-refractivity contribution in [2.24, 2.45) is 0 Å². The smallest absolute Gasteiger partial charge is 0.323 e. The minimum Gasteiger partial charge on any atom is -0.480 e. The lowest BCUT2D eigenvalue weighted by Gasteiger charge is -2.41. The number of hydrogen-bond acceptors (Lipinski definition) is 4. The van der Waals surface area contributed by atoms with Crippen LogP contribution in [0.4, 0.5) is 0 Å². The van der Waals surface area contributed by atoms with E-state index in [-0.39, 0.29) is 0 Å². The Kier molecular flexibility index (Phi) is 5.88. The van der Waals surface area contributed by atoms with Gasteiger partial charge in [-0.3, -0.25) is 9.69 Å². The van der Waals surface area contributed by atoms with Gasteiger partial charge in [0.05, 0.1) is 19.8 Å². The molecule has 0 radical (unpaired) electrons. The molecule has 1 N–H and O–H groups in total. The highest BCUT2D eigenvalue weighted by Gasteiger charge is 2.40. The number of rotatable bonds is 7. The molecule has 1 aliphatic rings. The van der Waals surface area contributed by atoms with Gasteiger partial charge in [-0.05, 0) is 32.7 Å². The van der Waals surface area contributed by atoms with Crippen LogP contribution in [-0.2, 0) is 14.3 Å². The minimum absolute atomic E-state index is 0.562. The van der Waals surface area contributed by atoms with Crippen molar-refractivity contribution in [3.05, 3.63) is 0 Å². The maximum atomic E-state index is 11.3. The van der Waals surface area contributed by atoms with Crippen LogP contribution in [0.2, 0.25) is 0 Å². The lowest BCUT2D eigenvalue weighted by molar-refractivity contribution is -0.153. The zero-order valence-corrected chi connectivity index (χ0v) is 10.8. The Bertz CT molecular complexity index is 247. The molecule has 0 bridgehead atoms. The van der Waals surface area contributed by atoms with E-state index in [0.717, 1.165) is 25.8 Å². The van der Waals surface area contributed by atoms with Crippen LogP contribution in [0.5, 0.6) is 0 Å². The molecule has 1 saturated heterocycles. The third-order valence-electron chi connectivity index (χ3n) is 3.44. The Morgan fingerprint density at radius 1 is 1.35 bits per heavy atom. The molecule has 1 heterocycles. The van der Waals surface area contributed by atoms with Crippen molar-refractivity contribution in [1.29, 1.82) is 0 Å². The summed E-state index contributed by atoms with van der Waals surface area (Å²) in [5, 5.41) is 9.31. The normalized spacial score (nSPS) is 26.0. The zero-order chi connectivity index (χ0) is 12.7. The van der Waals surface area contributed by atoms with Gasteiger partial charge in [-0.15, -0.1) is 0 Å². The Hall–Kier alpha value is -0.650. The van der Waals surface area contributed by atoms with Crippen LogP contribution < -0.4 is 0 Å². The summed E-state index contributed by atoms with van der Waals surface area (Å²) < 4.78 is 10.3. The fraction of sp³-hybridized carbons (Fsp3) is 0.917. The maximum Gasteiger partial charge on any atom is 0.323 e. The summed E-state index contributed by atoms with van der Waals surface area (Å²) in [6, 6.07) is 0. The van der Waals surface area contributed by atoms with Crippen LogP contribution in [0.15, 0.2) is 0 Å². The van der Waals surface area contributed by atoms with Crippen LogP contribution in [0.3, 0.4) is 0 Å². The fourth-order valence-electron chi connectivity index (χ4n) is 2.20. The molecule has 0 saturated carbocycles. The van der Waals surface area contributed by atoms with E-state index in [0.29, 0.717) is 26.4 Å². The third-order valence-corrected chi connectivity index (χ3v) is 3.44. The fourth-order valence-corrected chi connectivity index (χ4v) is 2.20. The topological polar surface area (TPSA) is 59.0 Å². The number of likely N-dealkylation sites (tertiary alicyclic amines) is 1. The van der Waals surface area contributed by atoms with Gasteiger partial charge in [0, 0.05) is 13.7 Å². The second-order valence-corrected chi connectivity index (χ2v) is 4.63. The van der Waals surface area contributed by atoms with Crippen molar-refractivity contribution >= 4 is 5.97 Å². The predicted molar refractivity (Wildman–Crippen MR) is 64.2 cm³/mol. The molecule has 1 aliphatic heterocycles. The van der Waals surface area contributed by atoms with Crippen molar-refractivity contribution in [1.82, 2.24) is 4.90 Å². The number of methoxy groups -OCH3 is 1. The molecule has 0 aromatic rings. The SMILES string of the molecule is COCCOCCN1CCCCC1(C)C(=O)O. The number of aliphatic carboxylic acids is 1. The quantitative estimate of drug-likeness (QED) is 0.677. The Morgan fingerprint density at radius 3 is 2.76 bits per heavy atom. The molecule has 17 heavy (non-hydrogen) atoms. The first-order chi connectivity index (χ1) is 8.11. The van der Waals surface area contributed by atoms with Gasteiger partial charge >= 0.3 is 5.97 Å². The molecule has 1 unspecified atom stereocenters. The molecule has 5 nitrogen and oxygen atoms in total. The number of nitrogens with zero attached hydrogens (tertiary/aromatic N) is 1. The van der Waals surface area contributed by atoms with E-state index in [1.165, 1.54) is 0 Å². The average Bonchev–Trinajstić information content (AvgIpc) is 2.31. The number of piperidine rings is 1. The van der Waals surface area contributed by atoms with E-state index in [9.17, 15) is 9.90 Å². The molecule has 0 spiro atoms. The molecule has 100 valence electrons. The van der Waals surface area contributed by atoms with Crippen LogP contribution in [-0.4, -0.2) is 61.5 Å². The van der Waals surface area contributed by atoms with Crippen LogP contribution in [0, 0.1) is 0 Å².